The number of rotatable bonds is 6. The minimum Gasteiger partial charge on any atom is -0.370 e. The smallest absolute Gasteiger partial charge is 0.186 e. The predicted molar refractivity (Wildman–Crippen MR) is 171 cm³/mol. The largest absolute Gasteiger partial charge is 0.370 e. The average Bonchev–Trinajstić information content (AvgIpc) is 3.54. The number of ketones is 1. The number of benzene rings is 3. The number of carbonyl (C=O) groups excluding carboxylic acids is 1. The molecule has 0 unspecified atom stereocenters. The minimum absolute atomic E-state index is 0.0334. The molecule has 0 amide bonds. The van der Waals surface area contributed by atoms with E-state index in [2.05, 4.69) is 34.3 Å². The van der Waals surface area contributed by atoms with Gasteiger partial charge in [-0.2, -0.15) is 5.10 Å². The summed E-state index contributed by atoms with van der Waals surface area (Å²) in [5, 5.41) is 7.08. The standard InChI is InChI=1S/C33H35ClN4O3S/c1-19-15-25-31(29(21-7-10-24(34)11-8-21)28(19)30(20(2)39)41-33(3,4)5)42-32(36-25)38-13-14-40-27(18-38)22-9-12-26-23(16-22)17-35-37(26)6/h7-12,15-17,27,30H,13-14,18H2,1-6H3/t27-,30-/m1/s1. The normalized spacial score (nSPS) is 16.8. The maximum absolute atomic E-state index is 13.1. The summed E-state index contributed by atoms with van der Waals surface area (Å²) in [6.07, 6.45) is 1.11. The zero-order valence-corrected chi connectivity index (χ0v) is 26.3. The van der Waals surface area contributed by atoms with Crippen LogP contribution in [-0.4, -0.2) is 45.8 Å². The van der Waals surface area contributed by atoms with Crippen molar-refractivity contribution in [3.05, 3.63) is 76.4 Å². The Kier molecular flexibility index (Phi) is 7.60. The number of nitrogens with zero attached hydrogens (tertiary/aromatic N) is 4. The Morgan fingerprint density at radius 2 is 1.93 bits per heavy atom. The van der Waals surface area contributed by atoms with Crippen LogP contribution in [0.25, 0.3) is 32.2 Å². The van der Waals surface area contributed by atoms with Gasteiger partial charge in [0.1, 0.15) is 12.2 Å². The molecule has 0 saturated carbocycles. The van der Waals surface area contributed by atoms with Crippen molar-refractivity contribution in [2.24, 2.45) is 7.05 Å². The summed E-state index contributed by atoms with van der Waals surface area (Å²) in [5.74, 6) is -0.0334. The average molecular weight is 603 g/mol. The SMILES string of the molecule is CC(=O)[C@@H](OC(C)(C)C)c1c(C)cc2nc(N3CCO[C@@H](c4ccc5c(cnn5C)c4)C3)sc2c1-c1ccc(Cl)cc1. The van der Waals surface area contributed by atoms with E-state index in [0.717, 1.165) is 60.6 Å². The molecule has 1 aliphatic rings. The molecule has 218 valence electrons. The van der Waals surface area contributed by atoms with Gasteiger partial charge in [-0.05, 0) is 81.6 Å². The number of carbonyl (C=O) groups is 1. The highest BCUT2D eigenvalue weighted by Crippen LogP contribution is 2.45. The second-order valence-electron chi connectivity index (χ2n) is 11.9. The van der Waals surface area contributed by atoms with Crippen LogP contribution in [0.5, 0.6) is 0 Å². The summed E-state index contributed by atoms with van der Waals surface area (Å²) in [6.45, 7) is 11.6. The number of halogens is 1. The third kappa shape index (κ3) is 5.56. The maximum atomic E-state index is 13.1. The van der Waals surface area contributed by atoms with Gasteiger partial charge in [-0.15, -0.1) is 0 Å². The van der Waals surface area contributed by atoms with Crippen LogP contribution in [0.2, 0.25) is 5.02 Å². The summed E-state index contributed by atoms with van der Waals surface area (Å²) in [6, 6.07) is 16.3. The molecule has 1 aliphatic heterocycles. The van der Waals surface area contributed by atoms with Gasteiger partial charge in [0.05, 0.1) is 40.7 Å². The number of aryl methyl sites for hydroxylation is 2. The Morgan fingerprint density at radius 3 is 2.64 bits per heavy atom. The van der Waals surface area contributed by atoms with Gasteiger partial charge >= 0.3 is 0 Å². The molecule has 1 saturated heterocycles. The second-order valence-corrected chi connectivity index (χ2v) is 13.4. The van der Waals surface area contributed by atoms with E-state index in [1.807, 2.05) is 69.9 Å². The number of hydrogen-bond acceptors (Lipinski definition) is 7. The van der Waals surface area contributed by atoms with Crippen molar-refractivity contribution >= 4 is 55.0 Å². The lowest BCUT2D eigenvalue weighted by Gasteiger charge is -2.33. The number of fused-ring (bicyclic) bond motifs is 2. The number of aromatic nitrogens is 3. The molecular formula is C33H35ClN4O3S. The van der Waals surface area contributed by atoms with Crippen LogP contribution in [0.4, 0.5) is 5.13 Å². The maximum Gasteiger partial charge on any atom is 0.186 e. The molecule has 9 heteroatoms. The molecule has 2 atom stereocenters. The molecule has 6 rings (SSSR count). The van der Waals surface area contributed by atoms with Crippen LogP contribution in [0.3, 0.4) is 0 Å². The lowest BCUT2D eigenvalue weighted by atomic mass is 9.90. The van der Waals surface area contributed by atoms with Crippen LogP contribution in [0.1, 0.15) is 56.6 Å². The van der Waals surface area contributed by atoms with Gasteiger partial charge in [-0.1, -0.05) is 41.1 Å². The fraction of sp³-hybridized carbons (Fsp3) is 0.364. The topological polar surface area (TPSA) is 69.5 Å². The number of Topliss-reactive ketones (excluding diaryl/α,β-unsaturated/α-hetero) is 1. The first-order valence-corrected chi connectivity index (χ1v) is 15.3. The van der Waals surface area contributed by atoms with E-state index in [-0.39, 0.29) is 11.9 Å². The van der Waals surface area contributed by atoms with Crippen molar-refractivity contribution in [3.8, 4) is 11.1 Å². The molecule has 7 nitrogen and oxygen atoms in total. The summed E-state index contributed by atoms with van der Waals surface area (Å²) < 4.78 is 15.5. The summed E-state index contributed by atoms with van der Waals surface area (Å²) in [7, 11) is 1.95. The fourth-order valence-electron chi connectivity index (χ4n) is 5.68. The fourth-order valence-corrected chi connectivity index (χ4v) is 6.97. The van der Waals surface area contributed by atoms with Gasteiger partial charge < -0.3 is 14.4 Å². The van der Waals surface area contributed by atoms with Gasteiger partial charge in [-0.3, -0.25) is 9.48 Å². The summed E-state index contributed by atoms with van der Waals surface area (Å²) in [5.41, 5.74) is 6.43. The minimum atomic E-state index is -0.708. The molecule has 1 fully saturated rings. The highest BCUT2D eigenvalue weighted by atomic mass is 35.5. The zero-order chi connectivity index (χ0) is 29.8. The highest BCUT2D eigenvalue weighted by Gasteiger charge is 2.31. The zero-order valence-electron chi connectivity index (χ0n) is 24.8. The molecule has 0 bridgehead atoms. The van der Waals surface area contributed by atoms with E-state index in [9.17, 15) is 4.79 Å². The molecule has 2 aromatic heterocycles. The van der Waals surface area contributed by atoms with Crippen LogP contribution in [0, 0.1) is 6.92 Å². The Morgan fingerprint density at radius 1 is 1.17 bits per heavy atom. The van der Waals surface area contributed by atoms with Gasteiger partial charge in [0.2, 0.25) is 0 Å². The Bertz CT molecular complexity index is 1790. The summed E-state index contributed by atoms with van der Waals surface area (Å²) in [4.78, 5) is 20.5. The van der Waals surface area contributed by atoms with Gasteiger partial charge in [-0.25, -0.2) is 4.98 Å². The first kappa shape index (κ1) is 28.8. The second kappa shape index (κ2) is 11.1. The molecule has 5 aromatic rings. The number of ether oxygens (including phenoxy) is 2. The molecule has 3 heterocycles. The Hall–Kier alpha value is -3.30. The summed E-state index contributed by atoms with van der Waals surface area (Å²) >= 11 is 7.93. The molecule has 0 aliphatic carbocycles. The first-order valence-electron chi connectivity index (χ1n) is 14.1. The quantitative estimate of drug-likeness (QED) is 0.197. The molecular weight excluding hydrogens is 568 g/mol. The van der Waals surface area contributed by atoms with Crippen molar-refractivity contribution in [3.63, 3.8) is 0 Å². The van der Waals surface area contributed by atoms with Crippen LogP contribution in [0.15, 0.2) is 54.7 Å². The third-order valence-corrected chi connectivity index (χ3v) is 9.03. The van der Waals surface area contributed by atoms with E-state index >= 15 is 0 Å². The van der Waals surface area contributed by atoms with Gasteiger partial charge in [0.25, 0.3) is 0 Å². The highest BCUT2D eigenvalue weighted by molar-refractivity contribution is 7.22. The predicted octanol–water partition coefficient (Wildman–Crippen LogP) is 7.83. The molecule has 42 heavy (non-hydrogen) atoms. The van der Waals surface area contributed by atoms with Crippen molar-refractivity contribution in [2.75, 3.05) is 24.6 Å². The van der Waals surface area contributed by atoms with E-state index in [0.29, 0.717) is 18.2 Å². The van der Waals surface area contributed by atoms with Crippen molar-refractivity contribution < 1.29 is 14.3 Å². The monoisotopic (exact) mass is 602 g/mol. The number of thiazole rings is 1. The molecule has 0 spiro atoms. The van der Waals surface area contributed by atoms with Gasteiger partial charge in [0, 0.05) is 35.1 Å². The van der Waals surface area contributed by atoms with Crippen molar-refractivity contribution in [2.45, 2.75) is 52.4 Å². The van der Waals surface area contributed by atoms with Gasteiger partial charge in [0.15, 0.2) is 10.9 Å². The van der Waals surface area contributed by atoms with Crippen LogP contribution < -0.4 is 4.90 Å². The van der Waals surface area contributed by atoms with Crippen LogP contribution in [-0.2, 0) is 21.3 Å². The Labute approximate surface area is 255 Å². The lowest BCUT2D eigenvalue weighted by molar-refractivity contribution is -0.138. The van der Waals surface area contributed by atoms with Crippen molar-refractivity contribution in [1.82, 2.24) is 14.8 Å². The molecule has 3 aromatic carbocycles. The number of anilines is 1. The van der Waals surface area contributed by atoms with Crippen molar-refractivity contribution in [1.29, 1.82) is 0 Å². The lowest BCUT2D eigenvalue weighted by Crippen LogP contribution is -2.38. The third-order valence-electron chi connectivity index (χ3n) is 7.63. The number of hydrogen-bond donors (Lipinski definition) is 0. The van der Waals surface area contributed by atoms with E-state index in [1.165, 1.54) is 0 Å². The Balaban J connectivity index is 1.44. The number of morpholine rings is 1. The molecule has 0 N–H and O–H groups in total. The van der Waals surface area contributed by atoms with E-state index in [4.69, 9.17) is 26.1 Å². The van der Waals surface area contributed by atoms with E-state index in [1.54, 1.807) is 18.3 Å². The molecule has 0 radical (unpaired) electrons. The first-order chi connectivity index (χ1) is 20.0. The van der Waals surface area contributed by atoms with E-state index < -0.39 is 11.7 Å². The van der Waals surface area contributed by atoms with Crippen LogP contribution >= 0.6 is 22.9 Å².